The molecular weight excluding hydrogens is 194 g/mol. The van der Waals surface area contributed by atoms with Gasteiger partial charge in [-0.1, -0.05) is 18.2 Å². The molecule has 1 aromatic rings. The van der Waals surface area contributed by atoms with Crippen molar-refractivity contribution in [2.45, 2.75) is 13.8 Å². The summed E-state index contributed by atoms with van der Waals surface area (Å²) in [5.74, 6) is -1.67. The molecule has 1 aromatic carbocycles. The number of hydrogen-bond acceptors (Lipinski definition) is 2. The van der Waals surface area contributed by atoms with E-state index in [2.05, 4.69) is 5.32 Å². The van der Waals surface area contributed by atoms with E-state index < -0.39 is 17.3 Å². The number of nitrogens with one attached hydrogen (secondary N) is 1. The van der Waals surface area contributed by atoms with Gasteiger partial charge in [-0.25, -0.2) is 0 Å². The van der Waals surface area contributed by atoms with Gasteiger partial charge in [0.1, 0.15) is 5.41 Å². The average molecular weight is 207 g/mol. The lowest BCUT2D eigenvalue weighted by atomic mass is 9.92. The second-order valence-electron chi connectivity index (χ2n) is 3.75. The number of carboxylic acids is 1. The van der Waals surface area contributed by atoms with E-state index in [9.17, 15) is 9.59 Å². The van der Waals surface area contributed by atoms with Crippen LogP contribution in [-0.4, -0.2) is 17.0 Å². The van der Waals surface area contributed by atoms with Crippen molar-refractivity contribution < 1.29 is 14.7 Å². The molecule has 0 fully saturated rings. The Labute approximate surface area is 87.9 Å². The van der Waals surface area contributed by atoms with E-state index in [-0.39, 0.29) is 0 Å². The lowest BCUT2D eigenvalue weighted by molar-refractivity contribution is -0.151. The van der Waals surface area contributed by atoms with E-state index in [0.717, 1.165) is 0 Å². The van der Waals surface area contributed by atoms with Gasteiger partial charge in [0.05, 0.1) is 0 Å². The Bertz CT molecular complexity index is 371. The Balaban J connectivity index is 2.77. The third kappa shape index (κ3) is 2.56. The minimum atomic E-state index is -1.42. The van der Waals surface area contributed by atoms with Gasteiger partial charge < -0.3 is 10.4 Å². The quantitative estimate of drug-likeness (QED) is 0.742. The molecule has 0 aliphatic rings. The van der Waals surface area contributed by atoms with Crippen LogP contribution in [0.2, 0.25) is 0 Å². The van der Waals surface area contributed by atoms with Crippen LogP contribution in [0.15, 0.2) is 30.3 Å². The second-order valence-corrected chi connectivity index (χ2v) is 3.75. The van der Waals surface area contributed by atoms with Crippen LogP contribution in [0.4, 0.5) is 5.69 Å². The number of amides is 1. The van der Waals surface area contributed by atoms with Crippen molar-refractivity contribution in [3.05, 3.63) is 30.3 Å². The first-order valence-corrected chi connectivity index (χ1v) is 4.54. The van der Waals surface area contributed by atoms with Crippen LogP contribution in [0.5, 0.6) is 0 Å². The molecule has 0 heterocycles. The van der Waals surface area contributed by atoms with Crippen molar-refractivity contribution in [3.8, 4) is 0 Å². The molecule has 1 rings (SSSR count). The topological polar surface area (TPSA) is 66.4 Å². The summed E-state index contributed by atoms with van der Waals surface area (Å²) in [7, 11) is 0. The van der Waals surface area contributed by atoms with Crippen molar-refractivity contribution in [2.75, 3.05) is 5.32 Å². The molecule has 80 valence electrons. The molecule has 0 unspecified atom stereocenters. The fraction of sp³-hybridized carbons (Fsp3) is 0.273. The molecule has 0 bridgehead atoms. The van der Waals surface area contributed by atoms with Crippen molar-refractivity contribution >= 4 is 17.6 Å². The number of carbonyl (C=O) groups is 2. The third-order valence-electron chi connectivity index (χ3n) is 2.13. The molecule has 0 radical (unpaired) electrons. The largest absolute Gasteiger partial charge is 0.480 e. The number of carbonyl (C=O) groups excluding carboxylic acids is 1. The highest BCUT2D eigenvalue weighted by atomic mass is 16.4. The Morgan fingerprint density at radius 2 is 1.73 bits per heavy atom. The molecule has 0 aliphatic carbocycles. The SMILES string of the molecule is CC(C)(C(=O)O)C(=O)Nc1ccccc1. The van der Waals surface area contributed by atoms with Gasteiger partial charge in [0.25, 0.3) is 0 Å². The molecule has 4 nitrogen and oxygen atoms in total. The van der Waals surface area contributed by atoms with Gasteiger partial charge in [0.2, 0.25) is 5.91 Å². The summed E-state index contributed by atoms with van der Waals surface area (Å²) in [6.45, 7) is 2.74. The standard InChI is InChI=1S/C11H13NO3/c1-11(2,10(14)15)9(13)12-8-6-4-3-5-7-8/h3-7H,1-2H3,(H,12,13)(H,14,15). The molecule has 0 aliphatic heterocycles. The first kappa shape index (κ1) is 11.2. The number of para-hydroxylation sites is 1. The number of anilines is 1. The van der Waals surface area contributed by atoms with Gasteiger partial charge in [-0.15, -0.1) is 0 Å². The highest BCUT2D eigenvalue weighted by molar-refractivity contribution is 6.07. The summed E-state index contributed by atoms with van der Waals surface area (Å²) in [5, 5.41) is 11.4. The molecule has 2 N–H and O–H groups in total. The van der Waals surface area contributed by atoms with Crippen LogP contribution in [0, 0.1) is 5.41 Å². The third-order valence-corrected chi connectivity index (χ3v) is 2.13. The Kier molecular flexibility index (Phi) is 3.09. The number of hydrogen-bond donors (Lipinski definition) is 2. The zero-order valence-corrected chi connectivity index (χ0v) is 8.65. The van der Waals surface area contributed by atoms with Gasteiger partial charge in [-0.3, -0.25) is 9.59 Å². The van der Waals surface area contributed by atoms with Gasteiger partial charge in [-0.05, 0) is 26.0 Å². The molecule has 0 saturated carbocycles. The van der Waals surface area contributed by atoms with Crippen LogP contribution >= 0.6 is 0 Å². The van der Waals surface area contributed by atoms with Gasteiger partial charge in [-0.2, -0.15) is 0 Å². The fourth-order valence-corrected chi connectivity index (χ4v) is 0.906. The first-order chi connectivity index (χ1) is 6.94. The van der Waals surface area contributed by atoms with Crippen LogP contribution in [0.1, 0.15) is 13.8 Å². The first-order valence-electron chi connectivity index (χ1n) is 4.54. The number of benzene rings is 1. The number of carboxylic acid groups (broad SMARTS) is 1. The Morgan fingerprint density at radius 1 is 1.20 bits per heavy atom. The summed E-state index contributed by atoms with van der Waals surface area (Å²) in [6, 6.07) is 8.76. The molecule has 0 spiro atoms. The normalized spacial score (nSPS) is 10.8. The maximum atomic E-state index is 11.6. The van der Waals surface area contributed by atoms with E-state index >= 15 is 0 Å². The average Bonchev–Trinajstić information content (AvgIpc) is 2.18. The fourth-order valence-electron chi connectivity index (χ4n) is 0.906. The maximum Gasteiger partial charge on any atom is 0.318 e. The van der Waals surface area contributed by atoms with Crippen LogP contribution in [0.25, 0.3) is 0 Å². The monoisotopic (exact) mass is 207 g/mol. The van der Waals surface area contributed by atoms with Gasteiger partial charge >= 0.3 is 5.97 Å². The van der Waals surface area contributed by atoms with Crippen molar-refractivity contribution in [2.24, 2.45) is 5.41 Å². The molecule has 0 saturated heterocycles. The maximum absolute atomic E-state index is 11.6. The van der Waals surface area contributed by atoms with Crippen molar-refractivity contribution in [1.29, 1.82) is 0 Å². The summed E-state index contributed by atoms with van der Waals surface area (Å²) in [5.41, 5.74) is -0.827. The summed E-state index contributed by atoms with van der Waals surface area (Å²) in [6.07, 6.45) is 0. The zero-order chi connectivity index (χ0) is 11.5. The molecular formula is C11H13NO3. The van der Waals surface area contributed by atoms with E-state index in [1.165, 1.54) is 13.8 Å². The summed E-state index contributed by atoms with van der Waals surface area (Å²) < 4.78 is 0. The van der Waals surface area contributed by atoms with Gasteiger partial charge in [0.15, 0.2) is 0 Å². The Hall–Kier alpha value is -1.84. The highest BCUT2D eigenvalue weighted by Crippen LogP contribution is 2.18. The predicted molar refractivity (Wildman–Crippen MR) is 56.5 cm³/mol. The minimum Gasteiger partial charge on any atom is -0.480 e. The molecule has 15 heavy (non-hydrogen) atoms. The van der Waals surface area contributed by atoms with Crippen molar-refractivity contribution in [3.63, 3.8) is 0 Å². The van der Waals surface area contributed by atoms with Crippen LogP contribution in [-0.2, 0) is 9.59 Å². The number of rotatable bonds is 3. The molecule has 1 amide bonds. The van der Waals surface area contributed by atoms with Crippen LogP contribution in [0.3, 0.4) is 0 Å². The molecule has 0 atom stereocenters. The van der Waals surface area contributed by atoms with E-state index in [0.29, 0.717) is 5.69 Å². The lowest BCUT2D eigenvalue weighted by Crippen LogP contribution is -2.37. The van der Waals surface area contributed by atoms with E-state index in [4.69, 9.17) is 5.11 Å². The minimum absolute atomic E-state index is 0.527. The van der Waals surface area contributed by atoms with Crippen molar-refractivity contribution in [1.82, 2.24) is 0 Å². The highest BCUT2D eigenvalue weighted by Gasteiger charge is 2.35. The Morgan fingerprint density at radius 3 is 2.20 bits per heavy atom. The molecule has 4 heteroatoms. The number of aliphatic carboxylic acids is 1. The zero-order valence-electron chi connectivity index (χ0n) is 8.65. The molecule has 0 aromatic heterocycles. The second kappa shape index (κ2) is 4.13. The predicted octanol–water partition coefficient (Wildman–Crippen LogP) is 1.74. The van der Waals surface area contributed by atoms with Crippen LogP contribution < -0.4 is 5.32 Å². The van der Waals surface area contributed by atoms with Gasteiger partial charge in [0, 0.05) is 5.69 Å². The van der Waals surface area contributed by atoms with E-state index in [1.807, 2.05) is 6.07 Å². The summed E-state index contributed by atoms with van der Waals surface area (Å²) >= 11 is 0. The lowest BCUT2D eigenvalue weighted by Gasteiger charge is -2.18. The van der Waals surface area contributed by atoms with E-state index in [1.54, 1.807) is 24.3 Å². The summed E-state index contributed by atoms with van der Waals surface area (Å²) in [4.78, 5) is 22.4. The smallest absolute Gasteiger partial charge is 0.318 e.